The number of para-hydroxylation sites is 1. The molecule has 0 saturated heterocycles. The summed E-state index contributed by atoms with van der Waals surface area (Å²) in [5.74, 6) is 0.320. The Bertz CT molecular complexity index is 1070. The van der Waals surface area contributed by atoms with E-state index in [-0.39, 0.29) is 23.6 Å². The summed E-state index contributed by atoms with van der Waals surface area (Å²) in [6, 6.07) is 17.6. The van der Waals surface area contributed by atoms with Crippen LogP contribution in [0.25, 0.3) is 0 Å². The number of carbonyl (C=O) groups is 2. The lowest BCUT2D eigenvalue weighted by atomic mass is 10.00. The van der Waals surface area contributed by atoms with Crippen LogP contribution >= 0.6 is 0 Å². The summed E-state index contributed by atoms with van der Waals surface area (Å²) in [5, 5.41) is 3.20. The fourth-order valence-corrected chi connectivity index (χ4v) is 4.48. The predicted octanol–water partition coefficient (Wildman–Crippen LogP) is 5.30. The van der Waals surface area contributed by atoms with Crippen LogP contribution in [-0.2, 0) is 11.2 Å². The Labute approximate surface area is 194 Å². The second-order valence-corrected chi connectivity index (χ2v) is 8.30. The van der Waals surface area contributed by atoms with Gasteiger partial charge < -0.3 is 14.5 Å². The third-order valence-electron chi connectivity index (χ3n) is 6.22. The number of benzene rings is 2. The number of aryl methyl sites for hydroxylation is 1. The van der Waals surface area contributed by atoms with Crippen molar-refractivity contribution in [2.45, 2.75) is 51.1 Å². The summed E-state index contributed by atoms with van der Waals surface area (Å²) in [4.78, 5) is 29.1. The lowest BCUT2D eigenvalue weighted by Crippen LogP contribution is -2.46. The van der Waals surface area contributed by atoms with E-state index in [0.29, 0.717) is 17.0 Å². The number of furan rings is 1. The number of methoxy groups -OCH3 is 1. The van der Waals surface area contributed by atoms with Gasteiger partial charge >= 0.3 is 0 Å². The van der Waals surface area contributed by atoms with Crippen LogP contribution in [0, 0.1) is 0 Å². The molecule has 6 heteroatoms. The highest BCUT2D eigenvalue weighted by Gasteiger charge is 2.36. The SMILES string of the molecule is CCc1ccccc1N(C(=O)c1ccco1)C(C(=O)NC1CCCC1)c1ccc(OC)cc1. The van der Waals surface area contributed by atoms with Crippen LogP contribution in [0.5, 0.6) is 5.75 Å². The first-order chi connectivity index (χ1) is 16.1. The molecule has 3 aromatic rings. The third kappa shape index (κ3) is 4.95. The van der Waals surface area contributed by atoms with Gasteiger partial charge in [-0.25, -0.2) is 0 Å². The molecule has 1 saturated carbocycles. The molecule has 1 aliphatic rings. The largest absolute Gasteiger partial charge is 0.497 e. The van der Waals surface area contributed by atoms with Crippen molar-refractivity contribution in [3.63, 3.8) is 0 Å². The fraction of sp³-hybridized carbons (Fsp3) is 0.333. The number of amides is 2. The maximum atomic E-state index is 13.8. The van der Waals surface area contributed by atoms with E-state index >= 15 is 0 Å². The average Bonchev–Trinajstić information content (AvgIpc) is 3.57. The quantitative estimate of drug-likeness (QED) is 0.510. The van der Waals surface area contributed by atoms with Gasteiger partial charge in [-0.1, -0.05) is 50.1 Å². The van der Waals surface area contributed by atoms with Gasteiger partial charge in [-0.15, -0.1) is 0 Å². The van der Waals surface area contributed by atoms with Crippen molar-refractivity contribution in [1.29, 1.82) is 0 Å². The molecule has 0 radical (unpaired) electrons. The molecule has 1 aliphatic carbocycles. The van der Waals surface area contributed by atoms with Crippen LogP contribution in [0.15, 0.2) is 71.3 Å². The molecular weight excluding hydrogens is 416 g/mol. The van der Waals surface area contributed by atoms with Crippen molar-refractivity contribution in [2.75, 3.05) is 12.0 Å². The van der Waals surface area contributed by atoms with Gasteiger partial charge in [-0.05, 0) is 60.7 Å². The topological polar surface area (TPSA) is 71.8 Å². The molecule has 0 spiro atoms. The molecule has 1 unspecified atom stereocenters. The zero-order valence-corrected chi connectivity index (χ0v) is 19.1. The Balaban J connectivity index is 1.83. The first-order valence-corrected chi connectivity index (χ1v) is 11.5. The molecule has 2 aromatic carbocycles. The standard InChI is InChI=1S/C27H30N2O4/c1-3-19-9-4-7-12-23(19)29(27(31)24-13-8-18-33-24)25(20-14-16-22(32-2)17-15-20)26(30)28-21-10-5-6-11-21/h4,7-9,12-18,21,25H,3,5-6,10-11H2,1-2H3,(H,28,30). The third-order valence-corrected chi connectivity index (χ3v) is 6.22. The predicted molar refractivity (Wildman–Crippen MR) is 127 cm³/mol. The van der Waals surface area contributed by atoms with Gasteiger partial charge in [-0.3, -0.25) is 14.5 Å². The Morgan fingerprint density at radius 2 is 1.79 bits per heavy atom. The van der Waals surface area contributed by atoms with E-state index in [9.17, 15) is 9.59 Å². The molecular formula is C27H30N2O4. The summed E-state index contributed by atoms with van der Waals surface area (Å²) < 4.78 is 10.8. The van der Waals surface area contributed by atoms with E-state index in [1.165, 1.54) is 6.26 Å². The number of rotatable bonds is 8. The zero-order valence-electron chi connectivity index (χ0n) is 19.1. The van der Waals surface area contributed by atoms with E-state index in [1.54, 1.807) is 24.1 Å². The van der Waals surface area contributed by atoms with Gasteiger partial charge in [0.15, 0.2) is 5.76 Å². The molecule has 172 valence electrons. The van der Waals surface area contributed by atoms with Crippen molar-refractivity contribution in [3.8, 4) is 5.75 Å². The molecule has 0 aliphatic heterocycles. The van der Waals surface area contributed by atoms with Crippen LogP contribution in [0.2, 0.25) is 0 Å². The fourth-order valence-electron chi connectivity index (χ4n) is 4.48. The van der Waals surface area contributed by atoms with E-state index in [1.807, 2.05) is 55.5 Å². The van der Waals surface area contributed by atoms with Crippen molar-refractivity contribution in [3.05, 3.63) is 83.8 Å². The van der Waals surface area contributed by atoms with E-state index in [2.05, 4.69) is 5.32 Å². The van der Waals surface area contributed by atoms with E-state index < -0.39 is 6.04 Å². The number of hydrogen-bond acceptors (Lipinski definition) is 4. The molecule has 33 heavy (non-hydrogen) atoms. The zero-order chi connectivity index (χ0) is 23.2. The number of nitrogens with zero attached hydrogens (tertiary/aromatic N) is 1. The molecule has 1 atom stereocenters. The van der Waals surface area contributed by atoms with Gasteiger partial charge in [0, 0.05) is 11.7 Å². The molecule has 1 aromatic heterocycles. The van der Waals surface area contributed by atoms with Crippen LogP contribution < -0.4 is 15.0 Å². The Morgan fingerprint density at radius 3 is 2.42 bits per heavy atom. The lowest BCUT2D eigenvalue weighted by Gasteiger charge is -2.33. The summed E-state index contributed by atoms with van der Waals surface area (Å²) in [5.41, 5.74) is 2.38. The van der Waals surface area contributed by atoms with Crippen LogP contribution in [-0.4, -0.2) is 25.0 Å². The van der Waals surface area contributed by atoms with Crippen molar-refractivity contribution >= 4 is 17.5 Å². The van der Waals surface area contributed by atoms with Gasteiger partial charge in [0.1, 0.15) is 11.8 Å². The number of anilines is 1. The Morgan fingerprint density at radius 1 is 1.06 bits per heavy atom. The van der Waals surface area contributed by atoms with Gasteiger partial charge in [-0.2, -0.15) is 0 Å². The van der Waals surface area contributed by atoms with Gasteiger partial charge in [0.25, 0.3) is 5.91 Å². The van der Waals surface area contributed by atoms with Crippen LogP contribution in [0.3, 0.4) is 0 Å². The molecule has 2 amide bonds. The highest BCUT2D eigenvalue weighted by Crippen LogP contribution is 2.34. The van der Waals surface area contributed by atoms with Crippen LogP contribution in [0.4, 0.5) is 5.69 Å². The number of ether oxygens (including phenoxy) is 1. The second kappa shape index (κ2) is 10.4. The number of nitrogens with one attached hydrogen (secondary N) is 1. The monoisotopic (exact) mass is 446 g/mol. The molecule has 1 N–H and O–H groups in total. The summed E-state index contributed by atoms with van der Waals surface area (Å²) >= 11 is 0. The van der Waals surface area contributed by atoms with Crippen molar-refractivity contribution < 1.29 is 18.7 Å². The first kappa shape index (κ1) is 22.6. The highest BCUT2D eigenvalue weighted by atomic mass is 16.5. The Kier molecular flexibility index (Phi) is 7.13. The maximum Gasteiger partial charge on any atom is 0.294 e. The van der Waals surface area contributed by atoms with E-state index in [4.69, 9.17) is 9.15 Å². The Hall–Kier alpha value is -3.54. The first-order valence-electron chi connectivity index (χ1n) is 11.5. The van der Waals surface area contributed by atoms with E-state index in [0.717, 1.165) is 37.7 Å². The van der Waals surface area contributed by atoms with Crippen molar-refractivity contribution in [1.82, 2.24) is 5.32 Å². The second-order valence-electron chi connectivity index (χ2n) is 8.30. The van der Waals surface area contributed by atoms with Crippen LogP contribution in [0.1, 0.15) is 60.3 Å². The minimum absolute atomic E-state index is 0.125. The summed E-state index contributed by atoms with van der Waals surface area (Å²) in [6.07, 6.45) is 6.31. The number of carbonyl (C=O) groups excluding carboxylic acids is 2. The smallest absolute Gasteiger partial charge is 0.294 e. The van der Waals surface area contributed by atoms with Gasteiger partial charge in [0.2, 0.25) is 5.91 Å². The minimum atomic E-state index is -0.859. The molecule has 4 rings (SSSR count). The normalized spacial score (nSPS) is 14.6. The molecule has 0 bridgehead atoms. The molecule has 1 heterocycles. The van der Waals surface area contributed by atoms with Gasteiger partial charge in [0.05, 0.1) is 13.4 Å². The highest BCUT2D eigenvalue weighted by molar-refractivity contribution is 6.09. The minimum Gasteiger partial charge on any atom is -0.497 e. The number of hydrogen-bond donors (Lipinski definition) is 1. The maximum absolute atomic E-state index is 13.8. The molecule has 1 fully saturated rings. The van der Waals surface area contributed by atoms with Crippen molar-refractivity contribution in [2.24, 2.45) is 0 Å². The average molecular weight is 447 g/mol. The summed E-state index contributed by atoms with van der Waals surface area (Å²) in [7, 11) is 1.60. The lowest BCUT2D eigenvalue weighted by molar-refractivity contribution is -0.123. The molecule has 6 nitrogen and oxygen atoms in total. The summed E-state index contributed by atoms with van der Waals surface area (Å²) in [6.45, 7) is 2.04.